The minimum atomic E-state index is -0.318. The molecular formula is C22H19BrClN5O2. The summed E-state index contributed by atoms with van der Waals surface area (Å²) >= 11 is 9.52. The molecule has 7 nitrogen and oxygen atoms in total. The Morgan fingerprint density at radius 1 is 1.19 bits per heavy atom. The number of nitrogens with one attached hydrogen (secondary N) is 1. The summed E-state index contributed by atoms with van der Waals surface area (Å²) in [7, 11) is 0. The fourth-order valence-corrected chi connectivity index (χ4v) is 3.53. The van der Waals surface area contributed by atoms with Crippen LogP contribution in [0, 0.1) is 20.8 Å². The largest absolute Gasteiger partial charge is 0.441 e. The molecule has 0 radical (unpaired) electrons. The van der Waals surface area contributed by atoms with E-state index < -0.39 is 0 Å². The maximum atomic E-state index is 12.7. The van der Waals surface area contributed by atoms with Crippen molar-refractivity contribution < 1.29 is 9.21 Å². The van der Waals surface area contributed by atoms with Crippen LogP contribution in [-0.4, -0.2) is 25.9 Å². The van der Waals surface area contributed by atoms with Gasteiger partial charge in [-0.3, -0.25) is 4.79 Å². The lowest BCUT2D eigenvalue weighted by molar-refractivity contribution is 0.102. The van der Waals surface area contributed by atoms with Crippen LogP contribution in [0.2, 0.25) is 5.02 Å². The second kappa shape index (κ2) is 8.64. The minimum Gasteiger partial charge on any atom is -0.441 e. The average Bonchev–Trinajstić information content (AvgIpc) is 3.28. The van der Waals surface area contributed by atoms with Gasteiger partial charge in [0.25, 0.3) is 5.91 Å². The van der Waals surface area contributed by atoms with Crippen molar-refractivity contribution in [3.63, 3.8) is 0 Å². The quantitative estimate of drug-likeness (QED) is 0.387. The molecule has 1 N–H and O–H groups in total. The van der Waals surface area contributed by atoms with Crippen LogP contribution in [0.15, 0.2) is 51.4 Å². The zero-order valence-corrected chi connectivity index (χ0v) is 19.5. The number of nitrogens with zero attached hydrogens (tertiary/aromatic N) is 4. The summed E-state index contributed by atoms with van der Waals surface area (Å²) in [5, 5.41) is 11.7. The molecule has 4 rings (SSSR count). The van der Waals surface area contributed by atoms with E-state index in [0.717, 1.165) is 15.6 Å². The third-order valence-corrected chi connectivity index (χ3v) is 6.00. The molecule has 1 amide bonds. The van der Waals surface area contributed by atoms with Crippen LogP contribution in [0.3, 0.4) is 0 Å². The lowest BCUT2D eigenvalue weighted by Gasteiger charge is -2.06. The van der Waals surface area contributed by atoms with Crippen LogP contribution in [-0.2, 0) is 6.54 Å². The Balaban J connectivity index is 1.53. The van der Waals surface area contributed by atoms with Crippen LogP contribution in [0.1, 0.15) is 33.2 Å². The molecule has 0 atom stereocenters. The molecule has 0 spiro atoms. The molecule has 2 heterocycles. The van der Waals surface area contributed by atoms with Crippen LogP contribution < -0.4 is 5.32 Å². The number of hydrogen-bond donors (Lipinski definition) is 1. The molecule has 0 fully saturated rings. The van der Waals surface area contributed by atoms with Gasteiger partial charge in [0.2, 0.25) is 5.89 Å². The Hall–Kier alpha value is -2.97. The molecule has 0 saturated carbocycles. The SMILES string of the molecule is Cc1cc(NC(=O)c2nnn(Cc3nc(-c4cccc(Cl)c4)oc3C)c2C)ccc1Br. The first kappa shape index (κ1) is 21.3. The van der Waals surface area contributed by atoms with E-state index in [1.54, 1.807) is 23.7 Å². The number of hydrogen-bond acceptors (Lipinski definition) is 5. The van der Waals surface area contributed by atoms with Gasteiger partial charge in [0.1, 0.15) is 11.5 Å². The minimum absolute atomic E-state index is 0.261. The highest BCUT2D eigenvalue weighted by molar-refractivity contribution is 9.10. The van der Waals surface area contributed by atoms with Gasteiger partial charge in [-0.25, -0.2) is 9.67 Å². The fraction of sp³-hybridized carbons (Fsp3) is 0.182. The summed E-state index contributed by atoms with van der Waals surface area (Å²) < 4.78 is 8.42. The molecule has 31 heavy (non-hydrogen) atoms. The van der Waals surface area contributed by atoms with Gasteiger partial charge in [-0.15, -0.1) is 5.10 Å². The van der Waals surface area contributed by atoms with Crippen LogP contribution >= 0.6 is 27.5 Å². The van der Waals surface area contributed by atoms with E-state index in [0.29, 0.717) is 40.3 Å². The maximum absolute atomic E-state index is 12.7. The van der Waals surface area contributed by atoms with Crippen molar-refractivity contribution in [1.29, 1.82) is 0 Å². The normalized spacial score (nSPS) is 11.0. The van der Waals surface area contributed by atoms with Crippen molar-refractivity contribution >= 4 is 39.1 Å². The van der Waals surface area contributed by atoms with Gasteiger partial charge in [0, 0.05) is 20.7 Å². The lowest BCUT2D eigenvalue weighted by atomic mass is 10.2. The summed E-state index contributed by atoms with van der Waals surface area (Å²) in [5.41, 5.74) is 4.11. The van der Waals surface area contributed by atoms with Crippen molar-refractivity contribution in [2.75, 3.05) is 5.32 Å². The molecule has 0 aliphatic rings. The summed E-state index contributed by atoms with van der Waals surface area (Å²) in [6.45, 7) is 5.93. The van der Waals surface area contributed by atoms with Crippen LogP contribution in [0.4, 0.5) is 5.69 Å². The first-order valence-corrected chi connectivity index (χ1v) is 10.7. The van der Waals surface area contributed by atoms with Gasteiger partial charge >= 0.3 is 0 Å². The van der Waals surface area contributed by atoms with Crippen molar-refractivity contribution in [3.05, 3.63) is 80.4 Å². The molecule has 4 aromatic rings. The average molecular weight is 501 g/mol. The number of anilines is 1. The van der Waals surface area contributed by atoms with E-state index in [1.807, 2.05) is 44.2 Å². The van der Waals surface area contributed by atoms with Crippen molar-refractivity contribution in [3.8, 4) is 11.5 Å². The number of benzene rings is 2. The number of halogens is 2. The van der Waals surface area contributed by atoms with E-state index in [4.69, 9.17) is 16.0 Å². The highest BCUT2D eigenvalue weighted by Crippen LogP contribution is 2.25. The third kappa shape index (κ3) is 4.55. The predicted molar refractivity (Wildman–Crippen MR) is 122 cm³/mol. The second-order valence-corrected chi connectivity index (χ2v) is 8.42. The van der Waals surface area contributed by atoms with Crippen LogP contribution in [0.25, 0.3) is 11.5 Å². The van der Waals surface area contributed by atoms with Gasteiger partial charge in [-0.1, -0.05) is 38.8 Å². The van der Waals surface area contributed by atoms with E-state index in [-0.39, 0.29) is 11.6 Å². The molecule has 0 bridgehead atoms. The summed E-state index contributed by atoms with van der Waals surface area (Å²) in [6.07, 6.45) is 0. The topological polar surface area (TPSA) is 85.8 Å². The number of aryl methyl sites for hydroxylation is 2. The zero-order valence-electron chi connectivity index (χ0n) is 17.1. The molecule has 2 aromatic heterocycles. The smallest absolute Gasteiger partial charge is 0.278 e. The summed E-state index contributed by atoms with van der Waals surface area (Å²) in [6, 6.07) is 12.9. The van der Waals surface area contributed by atoms with E-state index in [1.165, 1.54) is 0 Å². The summed E-state index contributed by atoms with van der Waals surface area (Å²) in [5.74, 6) is 0.833. The van der Waals surface area contributed by atoms with Crippen molar-refractivity contribution in [2.45, 2.75) is 27.3 Å². The number of carbonyl (C=O) groups excluding carboxylic acids is 1. The first-order valence-electron chi connectivity index (χ1n) is 9.51. The molecule has 0 aliphatic carbocycles. The highest BCUT2D eigenvalue weighted by atomic mass is 79.9. The van der Waals surface area contributed by atoms with Crippen molar-refractivity contribution in [2.24, 2.45) is 0 Å². The lowest BCUT2D eigenvalue weighted by Crippen LogP contribution is -2.14. The van der Waals surface area contributed by atoms with E-state index >= 15 is 0 Å². The zero-order chi connectivity index (χ0) is 22.1. The predicted octanol–water partition coefficient (Wildman–Crippen LogP) is 5.57. The third-order valence-electron chi connectivity index (χ3n) is 4.88. The number of oxazole rings is 1. The van der Waals surface area contributed by atoms with Gasteiger partial charge in [0.15, 0.2) is 5.69 Å². The number of aromatic nitrogens is 4. The standard InChI is InChI=1S/C22H19BrClN5O2/c1-12-9-17(7-8-18(12)23)25-21(30)20-13(2)29(28-27-20)11-19-14(3)31-22(26-19)15-5-4-6-16(24)10-15/h4-10H,11H2,1-3H3,(H,25,30). The molecular weight excluding hydrogens is 482 g/mol. The van der Waals surface area contributed by atoms with Gasteiger partial charge in [0.05, 0.1) is 12.2 Å². The van der Waals surface area contributed by atoms with Gasteiger partial charge < -0.3 is 9.73 Å². The Morgan fingerprint density at radius 2 is 2.00 bits per heavy atom. The Kier molecular flexibility index (Phi) is 5.93. The van der Waals surface area contributed by atoms with Crippen LogP contribution in [0.5, 0.6) is 0 Å². The maximum Gasteiger partial charge on any atom is 0.278 e. The molecule has 158 valence electrons. The molecule has 9 heteroatoms. The molecule has 0 aliphatic heterocycles. The van der Waals surface area contributed by atoms with E-state index in [2.05, 4.69) is 36.5 Å². The fourth-order valence-electron chi connectivity index (χ4n) is 3.09. The highest BCUT2D eigenvalue weighted by Gasteiger charge is 2.19. The molecule has 2 aromatic carbocycles. The first-order chi connectivity index (χ1) is 14.8. The number of amides is 1. The van der Waals surface area contributed by atoms with Gasteiger partial charge in [-0.05, 0) is 62.7 Å². The molecule has 0 saturated heterocycles. The number of carbonyl (C=O) groups is 1. The van der Waals surface area contributed by atoms with Gasteiger partial charge in [-0.2, -0.15) is 0 Å². The van der Waals surface area contributed by atoms with Crippen molar-refractivity contribution in [1.82, 2.24) is 20.0 Å². The van der Waals surface area contributed by atoms with E-state index in [9.17, 15) is 4.79 Å². The second-order valence-electron chi connectivity index (χ2n) is 7.13. The summed E-state index contributed by atoms with van der Waals surface area (Å²) in [4.78, 5) is 17.3. The Labute approximate surface area is 192 Å². The number of rotatable bonds is 5. The monoisotopic (exact) mass is 499 g/mol. The Morgan fingerprint density at radius 3 is 2.74 bits per heavy atom. The molecule has 0 unspecified atom stereocenters. The Bertz CT molecular complexity index is 1280.